The molecular formula is C16H18O4S2. The molecule has 2 atom stereocenters. The molecule has 2 aliphatic rings. The van der Waals surface area contributed by atoms with Gasteiger partial charge in [-0.3, -0.25) is 9.59 Å². The molecule has 2 rings (SSSR count). The summed E-state index contributed by atoms with van der Waals surface area (Å²) >= 11 is 0. The number of carboxylic acid groups (broad SMARTS) is 2. The van der Waals surface area contributed by atoms with Crippen LogP contribution >= 0.6 is 21.6 Å². The molecule has 0 heterocycles. The Bertz CT molecular complexity index is 564. The van der Waals surface area contributed by atoms with Crippen LogP contribution in [0.4, 0.5) is 0 Å². The number of aliphatic carboxylic acids is 2. The zero-order valence-corrected chi connectivity index (χ0v) is 14.0. The molecule has 118 valence electrons. The summed E-state index contributed by atoms with van der Waals surface area (Å²) in [6.45, 7) is 3.41. The molecule has 0 radical (unpaired) electrons. The minimum Gasteiger partial charge on any atom is -0.481 e. The fraction of sp³-hybridized carbons (Fsp3) is 0.375. The first-order valence-electron chi connectivity index (χ1n) is 6.85. The zero-order valence-electron chi connectivity index (χ0n) is 12.4. The van der Waals surface area contributed by atoms with Crippen LogP contribution in [0, 0.1) is 10.8 Å². The molecule has 0 aromatic heterocycles. The van der Waals surface area contributed by atoms with Crippen LogP contribution in [0.2, 0.25) is 0 Å². The summed E-state index contributed by atoms with van der Waals surface area (Å²) in [5.41, 5.74) is -1.63. The zero-order chi connectivity index (χ0) is 16.4. The van der Waals surface area contributed by atoms with Gasteiger partial charge >= 0.3 is 11.9 Å². The van der Waals surface area contributed by atoms with Gasteiger partial charge in [0.2, 0.25) is 0 Å². The summed E-state index contributed by atoms with van der Waals surface area (Å²) < 4.78 is 0. The first-order chi connectivity index (χ1) is 10.3. The molecule has 2 aliphatic carbocycles. The highest BCUT2D eigenvalue weighted by Crippen LogP contribution is 2.44. The van der Waals surface area contributed by atoms with Crippen molar-refractivity contribution in [1.29, 1.82) is 0 Å². The van der Waals surface area contributed by atoms with E-state index in [1.165, 1.54) is 0 Å². The minimum absolute atomic E-state index is 0.480. The van der Waals surface area contributed by atoms with Gasteiger partial charge in [0.25, 0.3) is 0 Å². The third-order valence-electron chi connectivity index (χ3n) is 3.90. The lowest BCUT2D eigenvalue weighted by atomic mass is 9.84. The maximum absolute atomic E-state index is 11.1. The molecule has 0 saturated carbocycles. The van der Waals surface area contributed by atoms with Crippen LogP contribution in [0.5, 0.6) is 0 Å². The standard InChI is InChI=1S/C16H18O4S2/c1-15(13(17)18)7-3-11(4-8-15)21-22-12-5-9-16(2,10-6-12)14(19)20/h3-7,9H,8,10H2,1-2H3,(H,17,18)(H,19,20). The number of hydrogen-bond acceptors (Lipinski definition) is 4. The summed E-state index contributed by atoms with van der Waals surface area (Å²) in [5.74, 6) is -1.63. The lowest BCUT2D eigenvalue weighted by Gasteiger charge is -2.24. The van der Waals surface area contributed by atoms with E-state index in [1.807, 2.05) is 24.3 Å². The van der Waals surface area contributed by atoms with Crippen molar-refractivity contribution < 1.29 is 19.8 Å². The Hall–Kier alpha value is -1.40. The van der Waals surface area contributed by atoms with Gasteiger partial charge in [0.1, 0.15) is 0 Å². The molecule has 2 N–H and O–H groups in total. The molecule has 0 aromatic rings. The van der Waals surface area contributed by atoms with Crippen LogP contribution < -0.4 is 0 Å². The van der Waals surface area contributed by atoms with Gasteiger partial charge in [-0.1, -0.05) is 58.0 Å². The maximum Gasteiger partial charge on any atom is 0.313 e. The van der Waals surface area contributed by atoms with E-state index in [-0.39, 0.29) is 0 Å². The number of hydrogen-bond donors (Lipinski definition) is 2. The van der Waals surface area contributed by atoms with Crippen molar-refractivity contribution in [3.8, 4) is 0 Å². The Morgan fingerprint density at radius 1 is 0.909 bits per heavy atom. The lowest BCUT2D eigenvalue weighted by molar-refractivity contribution is -0.145. The Balaban J connectivity index is 1.89. The highest BCUT2D eigenvalue weighted by Gasteiger charge is 2.32. The van der Waals surface area contributed by atoms with Crippen molar-refractivity contribution in [3.05, 3.63) is 46.3 Å². The molecule has 0 fully saturated rings. The summed E-state index contributed by atoms with van der Waals surface area (Å²) in [6, 6.07) is 0. The molecule has 0 aliphatic heterocycles. The second kappa shape index (κ2) is 6.38. The van der Waals surface area contributed by atoms with Crippen molar-refractivity contribution in [2.75, 3.05) is 0 Å². The van der Waals surface area contributed by atoms with E-state index in [0.717, 1.165) is 9.81 Å². The summed E-state index contributed by atoms with van der Waals surface area (Å²) in [6.07, 6.45) is 11.9. The quantitative estimate of drug-likeness (QED) is 0.731. The third kappa shape index (κ3) is 3.67. The Morgan fingerprint density at radius 2 is 1.27 bits per heavy atom. The predicted molar refractivity (Wildman–Crippen MR) is 90.3 cm³/mol. The number of carboxylic acids is 2. The number of carbonyl (C=O) groups is 2. The smallest absolute Gasteiger partial charge is 0.313 e. The van der Waals surface area contributed by atoms with E-state index in [9.17, 15) is 9.59 Å². The fourth-order valence-electron chi connectivity index (χ4n) is 1.97. The van der Waals surface area contributed by atoms with Crippen molar-refractivity contribution in [1.82, 2.24) is 0 Å². The molecule has 22 heavy (non-hydrogen) atoms. The summed E-state index contributed by atoms with van der Waals surface area (Å²) in [5, 5.41) is 18.3. The predicted octanol–water partition coefficient (Wildman–Crippen LogP) is 4.24. The second-order valence-electron chi connectivity index (χ2n) is 5.90. The van der Waals surface area contributed by atoms with Crippen LogP contribution in [-0.4, -0.2) is 22.2 Å². The van der Waals surface area contributed by atoms with Crippen LogP contribution in [0.25, 0.3) is 0 Å². The average molecular weight is 338 g/mol. The van der Waals surface area contributed by atoms with Gasteiger partial charge in [-0.2, -0.15) is 0 Å². The van der Waals surface area contributed by atoms with Crippen molar-refractivity contribution in [2.24, 2.45) is 10.8 Å². The van der Waals surface area contributed by atoms with Gasteiger partial charge in [0.05, 0.1) is 10.8 Å². The van der Waals surface area contributed by atoms with Gasteiger partial charge in [-0.05, 0) is 26.7 Å². The molecule has 0 saturated heterocycles. The molecular weight excluding hydrogens is 320 g/mol. The molecule has 0 aromatic carbocycles. The first-order valence-corrected chi connectivity index (χ1v) is 9.00. The molecule has 0 spiro atoms. The van der Waals surface area contributed by atoms with E-state index in [2.05, 4.69) is 0 Å². The third-order valence-corrected chi connectivity index (χ3v) is 6.38. The largest absolute Gasteiger partial charge is 0.481 e. The van der Waals surface area contributed by atoms with Crippen molar-refractivity contribution in [2.45, 2.75) is 26.7 Å². The number of rotatable bonds is 5. The maximum atomic E-state index is 11.1. The Morgan fingerprint density at radius 3 is 1.50 bits per heavy atom. The van der Waals surface area contributed by atoms with Gasteiger partial charge in [-0.25, -0.2) is 0 Å². The first kappa shape index (κ1) is 17.0. The fourth-order valence-corrected chi connectivity index (χ4v) is 4.03. The van der Waals surface area contributed by atoms with Gasteiger partial charge in [-0.15, -0.1) is 0 Å². The summed E-state index contributed by atoms with van der Waals surface area (Å²) in [4.78, 5) is 24.3. The molecule has 0 bridgehead atoms. The Kier molecular flexibility index (Phi) is 4.92. The minimum atomic E-state index is -0.817. The lowest BCUT2D eigenvalue weighted by Crippen LogP contribution is -2.25. The van der Waals surface area contributed by atoms with E-state index in [0.29, 0.717) is 12.8 Å². The van der Waals surface area contributed by atoms with Crippen LogP contribution in [0.15, 0.2) is 46.3 Å². The monoisotopic (exact) mass is 338 g/mol. The normalized spacial score (nSPS) is 30.6. The van der Waals surface area contributed by atoms with E-state index < -0.39 is 22.8 Å². The van der Waals surface area contributed by atoms with Crippen LogP contribution in [-0.2, 0) is 9.59 Å². The second-order valence-corrected chi connectivity index (χ2v) is 8.18. The SMILES string of the molecule is CC1(C(=O)O)C=CC(SSC2=CCC(C)(C(=O)O)C=C2)=CC1. The van der Waals surface area contributed by atoms with Crippen LogP contribution in [0.3, 0.4) is 0 Å². The van der Waals surface area contributed by atoms with Crippen LogP contribution in [0.1, 0.15) is 26.7 Å². The highest BCUT2D eigenvalue weighted by molar-refractivity contribution is 8.79. The van der Waals surface area contributed by atoms with Crippen molar-refractivity contribution in [3.63, 3.8) is 0 Å². The van der Waals surface area contributed by atoms with E-state index >= 15 is 0 Å². The van der Waals surface area contributed by atoms with E-state index in [1.54, 1.807) is 47.6 Å². The number of allylic oxidation sites excluding steroid dienone is 4. The molecule has 2 unspecified atom stereocenters. The van der Waals surface area contributed by atoms with Crippen molar-refractivity contribution >= 4 is 33.5 Å². The van der Waals surface area contributed by atoms with Gasteiger partial charge < -0.3 is 10.2 Å². The molecule has 0 amide bonds. The van der Waals surface area contributed by atoms with E-state index in [4.69, 9.17) is 10.2 Å². The topological polar surface area (TPSA) is 74.6 Å². The van der Waals surface area contributed by atoms with Gasteiger partial charge in [0, 0.05) is 9.81 Å². The average Bonchev–Trinajstić information content (AvgIpc) is 2.48. The van der Waals surface area contributed by atoms with Gasteiger partial charge in [0.15, 0.2) is 0 Å². The molecule has 6 heteroatoms. The Labute approximate surface area is 137 Å². The summed E-state index contributed by atoms with van der Waals surface area (Å²) in [7, 11) is 3.11. The molecule has 4 nitrogen and oxygen atoms in total. The highest BCUT2D eigenvalue weighted by atomic mass is 33.1.